The number of carbonyl (C=O) groups is 1. The summed E-state index contributed by atoms with van der Waals surface area (Å²) in [4.78, 5) is 20.0. The number of benzene rings is 1. The van der Waals surface area contributed by atoms with E-state index in [-0.39, 0.29) is 17.5 Å². The molecule has 9 heteroatoms. The molecule has 0 aliphatic carbocycles. The highest BCUT2D eigenvalue weighted by Gasteiger charge is 2.20. The van der Waals surface area contributed by atoms with Gasteiger partial charge >= 0.3 is 5.97 Å². The highest BCUT2D eigenvalue weighted by atomic mass is 32.2. The van der Waals surface area contributed by atoms with Gasteiger partial charge in [0.25, 0.3) is 0 Å². The number of aryl methyl sites for hydroxylation is 1. The lowest BCUT2D eigenvalue weighted by Gasteiger charge is -2.03. The molecular formula is C14H14N4O4S. The molecule has 0 aliphatic rings. The zero-order chi connectivity index (χ0) is 16.8. The minimum Gasteiger partial charge on any atom is -0.461 e. The molecule has 0 aliphatic heterocycles. The number of esters is 1. The Bertz CT molecular complexity index is 1040. The quantitative estimate of drug-likeness (QED) is 0.521. The van der Waals surface area contributed by atoms with Crippen molar-refractivity contribution >= 4 is 37.6 Å². The summed E-state index contributed by atoms with van der Waals surface area (Å²) in [5.41, 5.74) is 1.15. The van der Waals surface area contributed by atoms with Crippen molar-refractivity contribution in [1.29, 1.82) is 0 Å². The second kappa shape index (κ2) is 5.27. The molecule has 0 radical (unpaired) electrons. The van der Waals surface area contributed by atoms with E-state index in [9.17, 15) is 13.2 Å². The van der Waals surface area contributed by atoms with Crippen LogP contribution in [0.5, 0.6) is 0 Å². The van der Waals surface area contributed by atoms with Gasteiger partial charge in [-0.3, -0.25) is 4.68 Å². The molecule has 120 valence electrons. The monoisotopic (exact) mass is 334 g/mol. The van der Waals surface area contributed by atoms with Crippen LogP contribution in [0.1, 0.15) is 17.4 Å². The SMILES string of the molecule is CCOC(=O)c1nn(C)c2c1ccc1cnc(S(C)(=O)=O)nc12. The molecule has 3 rings (SSSR count). The molecule has 0 amide bonds. The molecule has 0 spiro atoms. The Morgan fingerprint density at radius 1 is 1.35 bits per heavy atom. The number of carbonyl (C=O) groups excluding carboxylic acids is 1. The van der Waals surface area contributed by atoms with Gasteiger partial charge in [0.05, 0.1) is 12.1 Å². The van der Waals surface area contributed by atoms with Crippen molar-refractivity contribution in [3.8, 4) is 0 Å². The first-order chi connectivity index (χ1) is 10.8. The van der Waals surface area contributed by atoms with Crippen molar-refractivity contribution in [2.75, 3.05) is 12.9 Å². The molecule has 0 fully saturated rings. The van der Waals surface area contributed by atoms with Gasteiger partial charge < -0.3 is 4.74 Å². The van der Waals surface area contributed by atoms with Crippen LogP contribution >= 0.6 is 0 Å². The Morgan fingerprint density at radius 2 is 2.09 bits per heavy atom. The molecule has 0 saturated carbocycles. The van der Waals surface area contributed by atoms with E-state index in [4.69, 9.17) is 4.74 Å². The van der Waals surface area contributed by atoms with Crippen LogP contribution in [-0.4, -0.2) is 47.0 Å². The maximum atomic E-state index is 12.0. The van der Waals surface area contributed by atoms with Gasteiger partial charge in [-0.15, -0.1) is 0 Å². The lowest BCUT2D eigenvalue weighted by Crippen LogP contribution is -2.06. The number of hydrogen-bond acceptors (Lipinski definition) is 7. The third-order valence-electron chi connectivity index (χ3n) is 3.33. The van der Waals surface area contributed by atoms with Crippen molar-refractivity contribution < 1.29 is 17.9 Å². The van der Waals surface area contributed by atoms with E-state index in [1.807, 2.05) is 0 Å². The number of rotatable bonds is 3. The lowest BCUT2D eigenvalue weighted by molar-refractivity contribution is 0.0521. The molecule has 8 nitrogen and oxygen atoms in total. The zero-order valence-corrected chi connectivity index (χ0v) is 13.6. The van der Waals surface area contributed by atoms with E-state index in [2.05, 4.69) is 15.1 Å². The van der Waals surface area contributed by atoms with E-state index >= 15 is 0 Å². The fourth-order valence-corrected chi connectivity index (χ4v) is 2.87. The molecule has 1 aromatic carbocycles. The highest BCUT2D eigenvalue weighted by molar-refractivity contribution is 7.90. The van der Waals surface area contributed by atoms with Crippen LogP contribution in [0.4, 0.5) is 0 Å². The molecule has 23 heavy (non-hydrogen) atoms. The van der Waals surface area contributed by atoms with Crippen LogP contribution in [0.25, 0.3) is 21.8 Å². The van der Waals surface area contributed by atoms with Crippen molar-refractivity contribution in [3.63, 3.8) is 0 Å². The molecule has 0 atom stereocenters. The van der Waals surface area contributed by atoms with Gasteiger partial charge in [0.2, 0.25) is 15.0 Å². The first kappa shape index (κ1) is 15.3. The molecule has 0 unspecified atom stereocenters. The van der Waals surface area contributed by atoms with Gasteiger partial charge in [-0.05, 0) is 13.0 Å². The summed E-state index contributed by atoms with van der Waals surface area (Å²) in [5, 5.41) is 5.12. The maximum Gasteiger partial charge on any atom is 0.359 e. The normalized spacial score (nSPS) is 12.0. The van der Waals surface area contributed by atoms with Crippen LogP contribution < -0.4 is 0 Å². The van der Waals surface area contributed by atoms with Crippen LogP contribution in [0, 0.1) is 0 Å². The van der Waals surface area contributed by atoms with Crippen molar-refractivity contribution in [2.24, 2.45) is 7.05 Å². The van der Waals surface area contributed by atoms with Crippen molar-refractivity contribution in [3.05, 3.63) is 24.0 Å². The molecule has 2 aromatic heterocycles. The standard InChI is InChI=1S/C14H14N4O4S/c1-4-22-13(19)11-9-6-5-8-7-15-14(23(3,20)21)16-10(8)12(9)18(2)17-11/h5-7H,4H2,1-3H3. The van der Waals surface area contributed by atoms with E-state index in [0.717, 1.165) is 6.26 Å². The number of hydrogen-bond donors (Lipinski definition) is 0. The van der Waals surface area contributed by atoms with Crippen molar-refractivity contribution in [2.45, 2.75) is 12.1 Å². The fourth-order valence-electron chi connectivity index (χ4n) is 2.37. The smallest absolute Gasteiger partial charge is 0.359 e. The van der Waals surface area contributed by atoms with Gasteiger partial charge in [-0.1, -0.05) is 6.07 Å². The predicted octanol–water partition coefficient (Wildman–Crippen LogP) is 1.10. The van der Waals surface area contributed by atoms with E-state index in [0.29, 0.717) is 21.8 Å². The first-order valence-electron chi connectivity index (χ1n) is 6.82. The molecule has 0 saturated heterocycles. The highest BCUT2D eigenvalue weighted by Crippen LogP contribution is 2.26. The average Bonchev–Trinajstić information content (AvgIpc) is 2.83. The summed E-state index contributed by atoms with van der Waals surface area (Å²) in [5.74, 6) is -0.533. The van der Waals surface area contributed by atoms with E-state index in [1.165, 1.54) is 10.9 Å². The van der Waals surface area contributed by atoms with Crippen LogP contribution in [0.2, 0.25) is 0 Å². The number of fused-ring (bicyclic) bond motifs is 3. The zero-order valence-electron chi connectivity index (χ0n) is 12.8. The lowest BCUT2D eigenvalue weighted by atomic mass is 10.1. The predicted molar refractivity (Wildman–Crippen MR) is 82.9 cm³/mol. The summed E-state index contributed by atoms with van der Waals surface area (Å²) >= 11 is 0. The number of ether oxygens (including phenoxy) is 1. The van der Waals surface area contributed by atoms with Crippen LogP contribution in [-0.2, 0) is 21.6 Å². The third-order valence-corrected chi connectivity index (χ3v) is 4.19. The van der Waals surface area contributed by atoms with E-state index < -0.39 is 15.8 Å². The van der Waals surface area contributed by atoms with E-state index in [1.54, 1.807) is 26.1 Å². The summed E-state index contributed by atoms with van der Waals surface area (Å²) < 4.78 is 29.8. The van der Waals surface area contributed by atoms with Gasteiger partial charge in [-0.25, -0.2) is 23.2 Å². The minimum absolute atomic E-state index is 0.172. The summed E-state index contributed by atoms with van der Waals surface area (Å²) in [7, 11) is -1.88. The fraction of sp³-hybridized carbons (Fsp3) is 0.286. The Morgan fingerprint density at radius 3 is 2.74 bits per heavy atom. The Labute approximate surface area is 132 Å². The maximum absolute atomic E-state index is 12.0. The molecule has 3 aromatic rings. The molecule has 0 N–H and O–H groups in total. The topological polar surface area (TPSA) is 104 Å². The summed E-state index contributed by atoms with van der Waals surface area (Å²) in [6.45, 7) is 1.95. The Hall–Kier alpha value is -2.55. The minimum atomic E-state index is -3.54. The Balaban J connectivity index is 2.36. The van der Waals surface area contributed by atoms with Crippen molar-refractivity contribution in [1.82, 2.24) is 19.7 Å². The van der Waals surface area contributed by atoms with Gasteiger partial charge in [0.15, 0.2) is 5.69 Å². The summed E-state index contributed by atoms with van der Waals surface area (Å²) in [6, 6.07) is 3.44. The second-order valence-electron chi connectivity index (χ2n) is 5.02. The molecular weight excluding hydrogens is 320 g/mol. The number of sulfone groups is 1. The molecule has 0 bridgehead atoms. The molecule has 2 heterocycles. The average molecular weight is 334 g/mol. The third kappa shape index (κ3) is 2.52. The first-order valence-corrected chi connectivity index (χ1v) is 8.71. The van der Waals surface area contributed by atoms with Gasteiger partial charge in [-0.2, -0.15) is 5.10 Å². The van der Waals surface area contributed by atoms with Gasteiger partial charge in [0, 0.05) is 30.3 Å². The summed E-state index contributed by atoms with van der Waals surface area (Å²) in [6.07, 6.45) is 2.48. The van der Waals surface area contributed by atoms with Crippen LogP contribution in [0.15, 0.2) is 23.5 Å². The van der Waals surface area contributed by atoms with Gasteiger partial charge in [0.1, 0.15) is 5.52 Å². The second-order valence-corrected chi connectivity index (χ2v) is 6.93. The number of aromatic nitrogens is 4. The Kier molecular flexibility index (Phi) is 3.52. The van der Waals surface area contributed by atoms with Crippen LogP contribution in [0.3, 0.4) is 0 Å². The number of nitrogens with zero attached hydrogens (tertiary/aromatic N) is 4. The largest absolute Gasteiger partial charge is 0.461 e.